The predicted octanol–water partition coefficient (Wildman–Crippen LogP) is 4.94. The van der Waals surface area contributed by atoms with Crippen molar-refractivity contribution in [2.45, 2.75) is 26.9 Å². The van der Waals surface area contributed by atoms with E-state index in [0.29, 0.717) is 23.1 Å². The van der Waals surface area contributed by atoms with Crippen LogP contribution >= 0.6 is 11.3 Å². The summed E-state index contributed by atoms with van der Waals surface area (Å²) in [5.41, 5.74) is 4.29. The molecule has 184 valence electrons. The summed E-state index contributed by atoms with van der Waals surface area (Å²) in [6.07, 6.45) is -0.790. The van der Waals surface area contributed by atoms with Gasteiger partial charge >= 0.3 is 6.03 Å². The van der Waals surface area contributed by atoms with Gasteiger partial charge in [0, 0.05) is 16.0 Å². The van der Waals surface area contributed by atoms with Crippen LogP contribution in [0.25, 0.3) is 5.00 Å². The van der Waals surface area contributed by atoms with Gasteiger partial charge < -0.3 is 20.1 Å². The number of ether oxygens (including phenoxy) is 2. The summed E-state index contributed by atoms with van der Waals surface area (Å²) in [5, 5.41) is 15.5. The van der Waals surface area contributed by atoms with Crippen LogP contribution in [-0.2, 0) is 0 Å². The molecule has 3 heterocycles. The number of hydrogen-bond acceptors (Lipinski definition) is 7. The van der Waals surface area contributed by atoms with Crippen LogP contribution in [0.1, 0.15) is 39.4 Å². The van der Waals surface area contributed by atoms with Crippen LogP contribution in [0, 0.1) is 20.8 Å². The van der Waals surface area contributed by atoms with Gasteiger partial charge in [-0.2, -0.15) is 0 Å². The van der Waals surface area contributed by atoms with Crippen LogP contribution < -0.4 is 20.1 Å². The summed E-state index contributed by atoms with van der Waals surface area (Å²) in [4.78, 5) is 19.4. The molecule has 10 heteroatoms. The molecular weight excluding hydrogens is 476 g/mol. The molecule has 4 aromatic rings. The van der Waals surface area contributed by atoms with Gasteiger partial charge in [-0.25, -0.2) is 4.79 Å². The monoisotopic (exact) mass is 502 g/mol. The second-order valence-corrected chi connectivity index (χ2v) is 9.52. The molecule has 5 rings (SSSR count). The van der Waals surface area contributed by atoms with Gasteiger partial charge in [0.05, 0.1) is 25.6 Å². The summed E-state index contributed by atoms with van der Waals surface area (Å²) in [7, 11) is 3.19. The third kappa shape index (κ3) is 4.09. The molecule has 2 N–H and O–H groups in total. The molecule has 0 saturated carbocycles. The van der Waals surface area contributed by atoms with E-state index in [4.69, 9.17) is 14.5 Å². The molecule has 2 aromatic heterocycles. The topological polar surface area (TPSA) is 103 Å². The quantitative estimate of drug-likeness (QED) is 0.402. The SMILES string of the molecule is COc1cccc(C2=NC(NC(=O)Nc3ccccc3OC)c3nnc(C)n3-c3sc(C)c(C)c32)c1. The first-order chi connectivity index (χ1) is 17.4. The first-order valence-corrected chi connectivity index (χ1v) is 12.2. The van der Waals surface area contributed by atoms with Gasteiger partial charge in [0.25, 0.3) is 0 Å². The standard InChI is InChI=1S/C26H26N6O3S/c1-14-15(2)36-25-21(14)22(17-9-8-10-18(13-17)34-4)28-23(24-31-30-16(3)32(24)25)29-26(33)27-19-11-6-7-12-20(19)35-5/h6-13,23H,1-5H3,(H2,27,29,33). The molecule has 2 aromatic carbocycles. The Morgan fingerprint density at radius 1 is 1.03 bits per heavy atom. The molecule has 36 heavy (non-hydrogen) atoms. The van der Waals surface area contributed by atoms with Crippen LogP contribution in [-0.4, -0.2) is 40.7 Å². The molecule has 1 unspecified atom stereocenters. The first kappa shape index (κ1) is 23.6. The van der Waals surface area contributed by atoms with E-state index in [0.717, 1.165) is 33.2 Å². The first-order valence-electron chi connectivity index (χ1n) is 11.4. The number of benzene rings is 2. The molecule has 1 aliphatic heterocycles. The number of hydrogen-bond donors (Lipinski definition) is 2. The summed E-state index contributed by atoms with van der Waals surface area (Å²) >= 11 is 1.65. The number of aliphatic imine (C=N–C) groups is 1. The van der Waals surface area contributed by atoms with Crippen molar-refractivity contribution in [2.24, 2.45) is 4.99 Å². The lowest BCUT2D eigenvalue weighted by atomic mass is 9.99. The second-order valence-electron chi connectivity index (χ2n) is 8.32. The number of anilines is 1. The Balaban J connectivity index is 1.62. The fraction of sp³-hybridized carbons (Fsp3) is 0.231. The van der Waals surface area contributed by atoms with Crippen LogP contribution in [0.2, 0.25) is 0 Å². The molecule has 1 atom stereocenters. The molecule has 0 saturated heterocycles. The summed E-state index contributed by atoms with van der Waals surface area (Å²) in [6, 6.07) is 14.5. The van der Waals surface area contributed by atoms with Gasteiger partial charge in [0.1, 0.15) is 22.3 Å². The van der Waals surface area contributed by atoms with Gasteiger partial charge in [0.15, 0.2) is 12.0 Å². The van der Waals surface area contributed by atoms with Crippen LogP contribution in [0.4, 0.5) is 10.5 Å². The maximum absolute atomic E-state index is 13.1. The zero-order valence-corrected chi connectivity index (χ0v) is 21.4. The van der Waals surface area contributed by atoms with Crippen molar-refractivity contribution < 1.29 is 14.3 Å². The molecular formula is C26H26N6O3S. The number of methoxy groups -OCH3 is 2. The zero-order chi connectivity index (χ0) is 25.4. The smallest absolute Gasteiger partial charge is 0.321 e. The van der Waals surface area contributed by atoms with Crippen molar-refractivity contribution in [3.63, 3.8) is 0 Å². The number of carbonyl (C=O) groups is 1. The van der Waals surface area contributed by atoms with Gasteiger partial charge in [0.2, 0.25) is 0 Å². The number of nitrogens with one attached hydrogen (secondary N) is 2. The normalized spacial score (nSPS) is 14.2. The Hall–Kier alpha value is -4.18. The second kappa shape index (κ2) is 9.46. The lowest BCUT2D eigenvalue weighted by Gasteiger charge is -2.16. The molecule has 0 fully saturated rings. The fourth-order valence-corrected chi connectivity index (χ4v) is 5.43. The van der Waals surface area contributed by atoms with Gasteiger partial charge in [-0.1, -0.05) is 24.3 Å². The zero-order valence-electron chi connectivity index (χ0n) is 20.6. The molecule has 2 amide bonds. The molecule has 0 bridgehead atoms. The Morgan fingerprint density at radius 3 is 2.61 bits per heavy atom. The number of fused-ring (bicyclic) bond motifs is 3. The fourth-order valence-electron chi connectivity index (χ4n) is 4.22. The van der Waals surface area contributed by atoms with E-state index in [9.17, 15) is 4.79 Å². The Kier molecular flexibility index (Phi) is 6.19. The minimum absolute atomic E-state index is 0.441. The van der Waals surface area contributed by atoms with E-state index in [1.807, 2.05) is 47.9 Å². The predicted molar refractivity (Wildman–Crippen MR) is 140 cm³/mol. The van der Waals surface area contributed by atoms with E-state index in [1.165, 1.54) is 4.88 Å². The average Bonchev–Trinajstić information content (AvgIpc) is 3.36. The number of amides is 2. The highest BCUT2D eigenvalue weighted by Gasteiger charge is 2.32. The molecule has 0 aliphatic carbocycles. The summed E-state index contributed by atoms with van der Waals surface area (Å²) in [5.74, 6) is 2.52. The number of nitrogens with zero attached hydrogens (tertiary/aromatic N) is 4. The number of thiophene rings is 1. The van der Waals surface area contributed by atoms with Crippen molar-refractivity contribution in [3.8, 4) is 16.5 Å². The highest BCUT2D eigenvalue weighted by molar-refractivity contribution is 7.15. The minimum Gasteiger partial charge on any atom is -0.497 e. The third-order valence-electron chi connectivity index (χ3n) is 6.13. The van der Waals surface area contributed by atoms with Crippen LogP contribution in [0.5, 0.6) is 11.5 Å². The van der Waals surface area contributed by atoms with Gasteiger partial charge in [-0.3, -0.25) is 9.56 Å². The van der Waals surface area contributed by atoms with E-state index < -0.39 is 12.2 Å². The van der Waals surface area contributed by atoms with Crippen LogP contribution in [0.3, 0.4) is 0 Å². The lowest BCUT2D eigenvalue weighted by Crippen LogP contribution is -2.33. The maximum Gasteiger partial charge on any atom is 0.321 e. The van der Waals surface area contributed by atoms with Crippen molar-refractivity contribution in [1.82, 2.24) is 20.1 Å². The van der Waals surface area contributed by atoms with Gasteiger partial charge in [-0.15, -0.1) is 21.5 Å². The number of aromatic nitrogens is 3. The number of para-hydroxylation sites is 2. The van der Waals surface area contributed by atoms with Crippen molar-refractivity contribution in [2.75, 3.05) is 19.5 Å². The van der Waals surface area contributed by atoms with E-state index in [1.54, 1.807) is 37.7 Å². The Labute approximate surface area is 212 Å². The minimum atomic E-state index is -0.790. The van der Waals surface area contributed by atoms with E-state index in [-0.39, 0.29) is 0 Å². The molecule has 1 aliphatic rings. The lowest BCUT2D eigenvalue weighted by molar-refractivity contribution is 0.248. The third-order valence-corrected chi connectivity index (χ3v) is 7.32. The Bertz CT molecular complexity index is 1490. The van der Waals surface area contributed by atoms with Crippen molar-refractivity contribution in [3.05, 3.63) is 81.7 Å². The number of carbonyl (C=O) groups excluding carboxylic acids is 1. The average molecular weight is 503 g/mol. The maximum atomic E-state index is 13.1. The highest BCUT2D eigenvalue weighted by Crippen LogP contribution is 2.38. The molecule has 0 spiro atoms. The number of urea groups is 1. The number of rotatable bonds is 5. The van der Waals surface area contributed by atoms with Crippen molar-refractivity contribution in [1.29, 1.82) is 0 Å². The Morgan fingerprint density at radius 2 is 1.83 bits per heavy atom. The highest BCUT2D eigenvalue weighted by atomic mass is 32.1. The van der Waals surface area contributed by atoms with E-state index >= 15 is 0 Å². The number of aryl methyl sites for hydroxylation is 2. The summed E-state index contributed by atoms with van der Waals surface area (Å²) < 4.78 is 12.8. The van der Waals surface area contributed by atoms with E-state index in [2.05, 4.69) is 34.7 Å². The largest absolute Gasteiger partial charge is 0.497 e. The van der Waals surface area contributed by atoms with Crippen LogP contribution in [0.15, 0.2) is 53.5 Å². The molecule has 9 nitrogen and oxygen atoms in total. The molecule has 0 radical (unpaired) electrons. The van der Waals surface area contributed by atoms with Crippen molar-refractivity contribution >= 4 is 28.8 Å². The van der Waals surface area contributed by atoms with Gasteiger partial charge in [-0.05, 0) is 50.6 Å². The summed E-state index contributed by atoms with van der Waals surface area (Å²) in [6.45, 7) is 6.07.